The van der Waals surface area contributed by atoms with Crippen LogP contribution in [0.1, 0.15) is 91.4 Å². The molecule has 0 fully saturated rings. The summed E-state index contributed by atoms with van der Waals surface area (Å²) >= 11 is 12.7. The fourth-order valence-electron chi connectivity index (χ4n) is 4.19. The minimum Gasteiger partial charge on any atom is -0.465 e. The van der Waals surface area contributed by atoms with Crippen molar-refractivity contribution in [2.75, 3.05) is 6.61 Å². The summed E-state index contributed by atoms with van der Waals surface area (Å²) in [4.78, 5) is 26.3. The average molecular weight is 510 g/mol. The summed E-state index contributed by atoms with van der Waals surface area (Å²) < 4.78 is 11.3. The monoisotopic (exact) mass is 508 g/mol. The summed E-state index contributed by atoms with van der Waals surface area (Å²) in [5.41, 5.74) is -1.37. The van der Waals surface area contributed by atoms with Crippen LogP contribution in [0.4, 0.5) is 0 Å². The van der Waals surface area contributed by atoms with Crippen LogP contribution >= 0.6 is 23.2 Å². The third-order valence-electron chi connectivity index (χ3n) is 6.56. The van der Waals surface area contributed by atoms with Gasteiger partial charge in [-0.1, -0.05) is 120 Å². The maximum Gasteiger partial charge on any atom is 0.328 e. The third-order valence-corrected chi connectivity index (χ3v) is 7.16. The molecule has 188 valence electrons. The first-order valence-corrected chi connectivity index (χ1v) is 13.4. The van der Waals surface area contributed by atoms with Crippen molar-refractivity contribution in [1.82, 2.24) is 0 Å². The Morgan fingerprint density at radius 1 is 0.765 bits per heavy atom. The van der Waals surface area contributed by atoms with E-state index in [4.69, 9.17) is 32.7 Å². The van der Waals surface area contributed by atoms with Crippen molar-refractivity contribution >= 4 is 45.9 Å². The van der Waals surface area contributed by atoms with E-state index in [1.54, 1.807) is 26.0 Å². The molecular formula is C28H38Cl2O4. The van der Waals surface area contributed by atoms with Crippen LogP contribution < -0.4 is 4.74 Å². The molecule has 0 aliphatic carbocycles. The molecule has 2 aromatic carbocycles. The van der Waals surface area contributed by atoms with Gasteiger partial charge in [0, 0.05) is 10.8 Å². The van der Waals surface area contributed by atoms with Crippen LogP contribution in [-0.4, -0.2) is 18.5 Å². The molecule has 2 rings (SSSR count). The lowest BCUT2D eigenvalue weighted by Gasteiger charge is -2.27. The summed E-state index contributed by atoms with van der Waals surface area (Å²) in [7, 11) is 0. The molecule has 0 atom stereocenters. The highest BCUT2D eigenvalue weighted by molar-refractivity contribution is 6.40. The molecule has 0 radical (unpaired) electrons. The lowest BCUT2D eigenvalue weighted by molar-refractivity contribution is -0.168. The summed E-state index contributed by atoms with van der Waals surface area (Å²) in [6, 6.07) is 8.84. The maximum atomic E-state index is 13.3. The fourth-order valence-corrected chi connectivity index (χ4v) is 4.77. The van der Waals surface area contributed by atoms with Gasteiger partial charge in [0.1, 0.15) is 0 Å². The summed E-state index contributed by atoms with van der Waals surface area (Å²) in [5, 5.41) is 2.04. The number of esters is 2. The second kappa shape index (κ2) is 14.6. The molecule has 6 heteroatoms. The maximum absolute atomic E-state index is 13.3. The average Bonchev–Trinajstić information content (AvgIpc) is 2.84. The quantitative estimate of drug-likeness (QED) is 0.104. The molecule has 0 spiro atoms. The minimum atomic E-state index is -1.37. The molecule has 34 heavy (non-hydrogen) atoms. The number of hydrogen-bond acceptors (Lipinski definition) is 4. The molecule has 2 aromatic rings. The van der Waals surface area contributed by atoms with Gasteiger partial charge in [0.15, 0.2) is 11.2 Å². The number of unbranched alkanes of at least 4 members (excludes halogenated alkanes) is 8. The molecule has 0 saturated carbocycles. The molecule has 0 unspecified atom stereocenters. The number of carbonyl (C=O) groups excluding carboxylic acids is 2. The van der Waals surface area contributed by atoms with E-state index in [1.807, 2.05) is 18.2 Å². The van der Waals surface area contributed by atoms with E-state index in [2.05, 4.69) is 6.92 Å². The predicted octanol–water partition coefficient (Wildman–Crippen LogP) is 8.93. The van der Waals surface area contributed by atoms with Crippen molar-refractivity contribution < 1.29 is 19.1 Å². The first-order valence-electron chi connectivity index (χ1n) is 12.7. The Morgan fingerprint density at radius 2 is 1.32 bits per heavy atom. The Hall–Kier alpha value is -1.78. The van der Waals surface area contributed by atoms with Crippen LogP contribution in [-0.2, 0) is 14.3 Å². The molecular weight excluding hydrogens is 471 g/mol. The van der Waals surface area contributed by atoms with E-state index >= 15 is 0 Å². The highest BCUT2D eigenvalue weighted by Gasteiger charge is 2.46. The largest absolute Gasteiger partial charge is 0.465 e. The molecule has 0 bridgehead atoms. The first-order chi connectivity index (χ1) is 16.4. The Labute approximate surface area is 214 Å². The molecule has 0 heterocycles. The smallest absolute Gasteiger partial charge is 0.328 e. The molecule has 0 saturated heterocycles. The van der Waals surface area contributed by atoms with E-state index in [9.17, 15) is 9.59 Å². The van der Waals surface area contributed by atoms with Gasteiger partial charge in [-0.2, -0.15) is 0 Å². The van der Waals surface area contributed by atoms with Crippen LogP contribution in [0.2, 0.25) is 10.0 Å². The number of ether oxygens (including phenoxy) is 2. The Balaban J connectivity index is 1.96. The Morgan fingerprint density at radius 3 is 1.91 bits per heavy atom. The molecule has 0 aliphatic rings. The predicted molar refractivity (Wildman–Crippen MR) is 141 cm³/mol. The van der Waals surface area contributed by atoms with Gasteiger partial charge >= 0.3 is 11.9 Å². The number of hydrogen-bond donors (Lipinski definition) is 0. The van der Waals surface area contributed by atoms with Gasteiger partial charge in [-0.15, -0.1) is 0 Å². The van der Waals surface area contributed by atoms with Crippen molar-refractivity contribution in [3.8, 4) is 5.75 Å². The summed E-state index contributed by atoms with van der Waals surface area (Å²) in [5.74, 6) is -0.968. The van der Waals surface area contributed by atoms with Crippen molar-refractivity contribution in [2.24, 2.45) is 5.41 Å². The Bertz CT molecular complexity index is 937. The zero-order chi connectivity index (χ0) is 25.0. The van der Waals surface area contributed by atoms with E-state index < -0.39 is 17.4 Å². The number of benzene rings is 2. The lowest BCUT2D eigenvalue weighted by Crippen LogP contribution is -2.42. The van der Waals surface area contributed by atoms with E-state index in [-0.39, 0.29) is 23.6 Å². The van der Waals surface area contributed by atoms with Crippen LogP contribution in [0, 0.1) is 5.41 Å². The highest BCUT2D eigenvalue weighted by Crippen LogP contribution is 2.40. The number of rotatable bonds is 15. The van der Waals surface area contributed by atoms with E-state index in [0.29, 0.717) is 17.0 Å². The molecule has 0 aromatic heterocycles. The normalized spacial score (nSPS) is 11.6. The van der Waals surface area contributed by atoms with Gasteiger partial charge in [0.05, 0.1) is 16.7 Å². The molecule has 4 nitrogen and oxygen atoms in total. The van der Waals surface area contributed by atoms with Crippen LogP contribution in [0.15, 0.2) is 30.3 Å². The molecule has 0 N–H and O–H groups in total. The van der Waals surface area contributed by atoms with Gasteiger partial charge in [0.25, 0.3) is 0 Å². The minimum absolute atomic E-state index is 0.213. The van der Waals surface area contributed by atoms with E-state index in [0.717, 1.165) is 24.6 Å². The second-order valence-corrected chi connectivity index (χ2v) is 9.67. The SMILES string of the molecule is CCCCCCCCCCCOC(=O)C(CC)(CC)C(=O)Oc1c(Cl)cc(Cl)c2ccccc12. The van der Waals surface area contributed by atoms with Crippen molar-refractivity contribution in [3.63, 3.8) is 0 Å². The standard InChI is InChI=1S/C28H38Cl2O4/c1-4-7-8-9-10-11-12-13-16-19-33-26(31)28(5-2,6-3)27(32)34-25-22-18-15-14-17-21(22)23(29)20-24(25)30/h14-15,17-18,20H,4-13,16,19H2,1-3H3. The van der Waals surface area contributed by atoms with Crippen molar-refractivity contribution in [3.05, 3.63) is 40.4 Å². The van der Waals surface area contributed by atoms with Crippen molar-refractivity contribution in [2.45, 2.75) is 91.4 Å². The fraction of sp³-hybridized carbons (Fsp3) is 0.571. The van der Waals surface area contributed by atoms with Gasteiger partial charge in [-0.3, -0.25) is 9.59 Å². The molecule has 0 amide bonds. The topological polar surface area (TPSA) is 52.6 Å². The van der Waals surface area contributed by atoms with Crippen LogP contribution in [0.5, 0.6) is 5.75 Å². The lowest BCUT2D eigenvalue weighted by atomic mass is 9.82. The molecule has 0 aliphatic heterocycles. The van der Waals surface area contributed by atoms with Gasteiger partial charge < -0.3 is 9.47 Å². The Kier molecular flexibility index (Phi) is 12.2. The number of carbonyl (C=O) groups is 2. The number of fused-ring (bicyclic) bond motifs is 1. The zero-order valence-corrected chi connectivity index (χ0v) is 22.3. The summed E-state index contributed by atoms with van der Waals surface area (Å²) in [6.45, 7) is 6.13. The van der Waals surface area contributed by atoms with Crippen LogP contribution in [0.25, 0.3) is 10.8 Å². The second-order valence-electron chi connectivity index (χ2n) is 8.86. The van der Waals surface area contributed by atoms with Gasteiger partial charge in [0.2, 0.25) is 0 Å². The van der Waals surface area contributed by atoms with Gasteiger partial charge in [-0.25, -0.2) is 0 Å². The summed E-state index contributed by atoms with van der Waals surface area (Å²) in [6.07, 6.45) is 11.2. The van der Waals surface area contributed by atoms with Crippen LogP contribution in [0.3, 0.4) is 0 Å². The van der Waals surface area contributed by atoms with Gasteiger partial charge in [-0.05, 0) is 25.3 Å². The van der Waals surface area contributed by atoms with E-state index in [1.165, 1.54) is 38.5 Å². The first kappa shape index (κ1) is 28.5. The number of halogens is 2. The third kappa shape index (κ3) is 7.36. The highest BCUT2D eigenvalue weighted by atomic mass is 35.5. The zero-order valence-electron chi connectivity index (χ0n) is 20.8. The van der Waals surface area contributed by atoms with Crippen molar-refractivity contribution in [1.29, 1.82) is 0 Å².